The van der Waals surface area contributed by atoms with E-state index in [1.165, 1.54) is 6.08 Å². The minimum atomic E-state index is -1.58. The number of fused-ring (bicyclic) bond motifs is 2. The summed E-state index contributed by atoms with van der Waals surface area (Å²) < 4.78 is 17.2. The van der Waals surface area contributed by atoms with Crippen molar-refractivity contribution in [3.05, 3.63) is 23.8 Å². The molecule has 3 aliphatic heterocycles. The number of esters is 1. The van der Waals surface area contributed by atoms with Gasteiger partial charge in [0.25, 0.3) is 5.24 Å². The number of hydrogen-bond donors (Lipinski definition) is 3. The Balaban J connectivity index is 1.79. The van der Waals surface area contributed by atoms with Crippen LogP contribution in [0.4, 0.5) is 4.79 Å². The van der Waals surface area contributed by atoms with Crippen LogP contribution in [0.3, 0.4) is 0 Å². The van der Waals surface area contributed by atoms with Crippen LogP contribution in [0.25, 0.3) is 0 Å². The zero-order valence-corrected chi connectivity index (χ0v) is 19.8. The van der Waals surface area contributed by atoms with E-state index in [1.54, 1.807) is 7.11 Å². The van der Waals surface area contributed by atoms with Gasteiger partial charge in [0.15, 0.2) is 5.79 Å². The second-order valence-corrected chi connectivity index (χ2v) is 10.1. The highest BCUT2D eigenvalue weighted by molar-refractivity contribution is 8.14. The number of aliphatic hydroxyl groups excluding tert-OH is 1. The first-order chi connectivity index (χ1) is 15.2. The van der Waals surface area contributed by atoms with Gasteiger partial charge in [0.2, 0.25) is 0 Å². The summed E-state index contributed by atoms with van der Waals surface area (Å²) in [5, 5.41) is 24.3. The number of nitrogens with one attached hydrogen (secondary N) is 1. The maximum Gasteiger partial charge on any atom is 0.330 e. The fourth-order valence-electron chi connectivity index (χ4n) is 4.43. The molecule has 2 saturated heterocycles. The molecule has 7 atom stereocenters. The molecule has 3 N–H and O–H groups in total. The van der Waals surface area contributed by atoms with Crippen molar-refractivity contribution >= 4 is 23.0 Å². The van der Waals surface area contributed by atoms with Crippen LogP contribution in [0.5, 0.6) is 0 Å². The highest BCUT2D eigenvalue weighted by Gasteiger charge is 2.49. The number of aliphatic hydroxyl groups is 2. The molecule has 32 heavy (non-hydrogen) atoms. The minimum Gasteiger partial charge on any atom is -0.459 e. The lowest BCUT2D eigenvalue weighted by atomic mass is 9.90. The third kappa shape index (κ3) is 6.81. The summed E-state index contributed by atoms with van der Waals surface area (Å²) in [5.41, 5.74) is 0.798. The second kappa shape index (κ2) is 11.2. The first-order valence-electron chi connectivity index (χ1n) is 11.3. The van der Waals surface area contributed by atoms with Crippen LogP contribution in [0.2, 0.25) is 0 Å². The Bertz CT molecular complexity index is 742. The smallest absolute Gasteiger partial charge is 0.330 e. The van der Waals surface area contributed by atoms with E-state index in [2.05, 4.69) is 12.2 Å². The maximum absolute atomic E-state index is 12.5. The van der Waals surface area contributed by atoms with Gasteiger partial charge in [-0.25, -0.2) is 4.79 Å². The number of carbonyl (C=O) groups excluding carboxylic acids is 2. The Labute approximate surface area is 193 Å². The zero-order valence-electron chi connectivity index (χ0n) is 19.0. The van der Waals surface area contributed by atoms with Crippen molar-refractivity contribution in [2.45, 2.75) is 88.6 Å². The number of ether oxygens (including phenoxy) is 3. The number of rotatable bonds is 2. The first-order valence-corrected chi connectivity index (χ1v) is 12.3. The molecule has 180 valence electrons. The molecule has 0 unspecified atom stereocenters. The largest absolute Gasteiger partial charge is 0.459 e. The molecule has 0 aromatic heterocycles. The van der Waals surface area contributed by atoms with Crippen molar-refractivity contribution in [1.29, 1.82) is 0 Å². The standard InChI is InChI=1S/C23H35NO7S/c1-14-4-7-16-11-17(12-23(28,31-16)20-13-32-22(27)24-20)30-21(26)10-15(2)5-8-18(25)19(29-3)9-6-14/h6,9-10,14,16-20,25,28H,4-5,7-8,11-13H2,1-3H3,(H,24,27)/b9-6-,15-10-/t14-,16+,17+,18-,19-,20-,23+/m0/s1. The summed E-state index contributed by atoms with van der Waals surface area (Å²) in [5.74, 6) is -1.45. The Hall–Kier alpha value is -1.39. The van der Waals surface area contributed by atoms with Gasteiger partial charge in [0, 0.05) is 31.8 Å². The molecule has 9 heteroatoms. The van der Waals surface area contributed by atoms with Gasteiger partial charge < -0.3 is 29.7 Å². The van der Waals surface area contributed by atoms with E-state index in [4.69, 9.17) is 14.2 Å². The molecule has 0 aliphatic carbocycles. The van der Waals surface area contributed by atoms with Gasteiger partial charge in [-0.2, -0.15) is 0 Å². The molecule has 0 aromatic rings. The zero-order chi connectivity index (χ0) is 23.3. The molecule has 3 rings (SSSR count). The Morgan fingerprint density at radius 3 is 2.69 bits per heavy atom. The highest BCUT2D eigenvalue weighted by atomic mass is 32.2. The molecule has 8 nitrogen and oxygen atoms in total. The monoisotopic (exact) mass is 469 g/mol. The van der Waals surface area contributed by atoms with Gasteiger partial charge in [0.1, 0.15) is 12.2 Å². The van der Waals surface area contributed by atoms with E-state index >= 15 is 0 Å². The lowest BCUT2D eigenvalue weighted by Crippen LogP contribution is -2.58. The van der Waals surface area contributed by atoms with Crippen molar-refractivity contribution in [2.24, 2.45) is 5.92 Å². The minimum absolute atomic E-state index is 0.108. The van der Waals surface area contributed by atoms with Crippen molar-refractivity contribution in [3.8, 4) is 0 Å². The van der Waals surface area contributed by atoms with Crippen molar-refractivity contribution in [3.63, 3.8) is 0 Å². The number of methoxy groups -OCH3 is 1. The molecule has 0 saturated carbocycles. The molecule has 3 aliphatic rings. The molecule has 0 radical (unpaired) electrons. The van der Waals surface area contributed by atoms with E-state index in [0.29, 0.717) is 31.4 Å². The number of allylic oxidation sites excluding steroid dienone is 2. The van der Waals surface area contributed by atoms with Gasteiger partial charge in [-0.15, -0.1) is 0 Å². The Morgan fingerprint density at radius 2 is 2.00 bits per heavy atom. The average molecular weight is 470 g/mol. The molecular weight excluding hydrogens is 434 g/mol. The SMILES string of the molecule is CO[C@H]1/C=C\[C@@H](C)CC[C@@H]2C[C@H](C[C@](O)([C@@H]3CSC(=O)N3)O2)OC(=O)/C=C(/C)CC[C@@H]1O. The summed E-state index contributed by atoms with van der Waals surface area (Å²) in [4.78, 5) is 24.2. The third-order valence-electron chi connectivity index (χ3n) is 6.34. The molecule has 2 fully saturated rings. The fourth-order valence-corrected chi connectivity index (χ4v) is 5.31. The normalized spacial score (nSPS) is 42.5. The number of amides is 1. The van der Waals surface area contributed by atoms with Crippen LogP contribution < -0.4 is 5.32 Å². The topological polar surface area (TPSA) is 114 Å². The predicted octanol–water partition coefficient (Wildman–Crippen LogP) is 2.68. The van der Waals surface area contributed by atoms with Crippen molar-refractivity contribution in [2.75, 3.05) is 12.9 Å². The van der Waals surface area contributed by atoms with E-state index in [9.17, 15) is 19.8 Å². The highest BCUT2D eigenvalue weighted by Crippen LogP contribution is 2.37. The summed E-state index contributed by atoms with van der Waals surface area (Å²) in [6, 6.07) is -0.548. The van der Waals surface area contributed by atoms with Crippen LogP contribution in [0, 0.1) is 5.92 Å². The van der Waals surface area contributed by atoms with Crippen molar-refractivity contribution in [1.82, 2.24) is 5.32 Å². The predicted molar refractivity (Wildman–Crippen MR) is 121 cm³/mol. The van der Waals surface area contributed by atoms with Crippen molar-refractivity contribution < 1.29 is 34.0 Å². The fraction of sp³-hybridized carbons (Fsp3) is 0.739. The number of hydrogen-bond acceptors (Lipinski definition) is 8. The van der Waals surface area contributed by atoms with Crippen LogP contribution in [0.15, 0.2) is 23.8 Å². The average Bonchev–Trinajstić information content (AvgIpc) is 3.17. The maximum atomic E-state index is 12.5. The van der Waals surface area contributed by atoms with Crippen LogP contribution in [-0.2, 0) is 19.0 Å². The van der Waals surface area contributed by atoms with Crippen LogP contribution >= 0.6 is 11.8 Å². The van der Waals surface area contributed by atoms with E-state index < -0.39 is 36.1 Å². The van der Waals surface area contributed by atoms with E-state index in [0.717, 1.165) is 23.8 Å². The lowest BCUT2D eigenvalue weighted by molar-refractivity contribution is -0.283. The van der Waals surface area contributed by atoms with Crippen LogP contribution in [0.1, 0.15) is 52.4 Å². The Kier molecular flexibility index (Phi) is 8.80. The van der Waals surface area contributed by atoms with E-state index in [-0.39, 0.29) is 23.7 Å². The summed E-state index contributed by atoms with van der Waals surface area (Å²) in [6.45, 7) is 3.90. The Morgan fingerprint density at radius 1 is 1.22 bits per heavy atom. The first kappa shape index (κ1) is 25.2. The molecule has 0 aromatic carbocycles. The number of thioether (sulfide) groups is 1. The molecule has 0 spiro atoms. The number of carbonyl (C=O) groups is 2. The van der Waals surface area contributed by atoms with Gasteiger partial charge in [0.05, 0.1) is 18.2 Å². The molecule has 2 bridgehead atoms. The molecule has 1 amide bonds. The quantitative estimate of drug-likeness (QED) is 0.418. The second-order valence-electron chi connectivity index (χ2n) is 9.12. The molecule has 3 heterocycles. The van der Waals surface area contributed by atoms with Gasteiger partial charge in [-0.05, 0) is 38.5 Å². The van der Waals surface area contributed by atoms with Gasteiger partial charge in [-0.1, -0.05) is 36.4 Å². The summed E-state index contributed by atoms with van der Waals surface area (Å²) in [6.07, 6.45) is 6.48. The molecular formula is C23H35NO7S. The lowest BCUT2D eigenvalue weighted by Gasteiger charge is -2.43. The van der Waals surface area contributed by atoms with Crippen LogP contribution in [-0.4, -0.2) is 70.5 Å². The van der Waals surface area contributed by atoms with Gasteiger partial charge in [-0.3, -0.25) is 4.79 Å². The summed E-state index contributed by atoms with van der Waals surface area (Å²) >= 11 is 1.11. The summed E-state index contributed by atoms with van der Waals surface area (Å²) in [7, 11) is 1.57. The third-order valence-corrected chi connectivity index (χ3v) is 7.22. The van der Waals surface area contributed by atoms with E-state index in [1.807, 2.05) is 19.1 Å². The van der Waals surface area contributed by atoms with Gasteiger partial charge >= 0.3 is 5.97 Å².